The maximum Gasteiger partial charge on any atom is 0.329 e. The van der Waals surface area contributed by atoms with Crippen LogP contribution in [-0.4, -0.2) is 44.9 Å². The lowest BCUT2D eigenvalue weighted by Gasteiger charge is -2.33. The van der Waals surface area contributed by atoms with Crippen molar-refractivity contribution in [3.8, 4) is 0 Å². The molecule has 0 aliphatic rings. The molecule has 1 rings (SSSR count). The number of thiazole rings is 1. The highest BCUT2D eigenvalue weighted by atomic mass is 32.1. The molecule has 0 fully saturated rings. The zero-order valence-corrected chi connectivity index (χ0v) is 12.6. The molecule has 1 aromatic heterocycles. The molecule has 1 heterocycles. The van der Waals surface area contributed by atoms with Crippen molar-refractivity contribution < 1.29 is 19.5 Å². The second kappa shape index (κ2) is 6.00. The van der Waals surface area contributed by atoms with Crippen LogP contribution in [0.25, 0.3) is 0 Å². The van der Waals surface area contributed by atoms with Crippen molar-refractivity contribution in [3.63, 3.8) is 0 Å². The van der Waals surface area contributed by atoms with Crippen molar-refractivity contribution in [1.82, 2.24) is 9.88 Å². The quantitative estimate of drug-likeness (QED) is 0.856. The van der Waals surface area contributed by atoms with Gasteiger partial charge in [-0.25, -0.2) is 9.78 Å². The van der Waals surface area contributed by atoms with Gasteiger partial charge in [0.1, 0.15) is 11.2 Å². The van der Waals surface area contributed by atoms with Crippen molar-refractivity contribution in [3.05, 3.63) is 11.1 Å². The van der Waals surface area contributed by atoms with Gasteiger partial charge in [0.2, 0.25) is 5.91 Å². The maximum absolute atomic E-state index is 12.3. The fourth-order valence-corrected chi connectivity index (χ4v) is 2.36. The van der Waals surface area contributed by atoms with E-state index in [2.05, 4.69) is 10.3 Å². The van der Waals surface area contributed by atoms with Crippen LogP contribution < -0.4 is 5.32 Å². The van der Waals surface area contributed by atoms with E-state index in [1.165, 1.54) is 31.1 Å². The first-order valence-electron chi connectivity index (χ1n) is 5.98. The third-order valence-electron chi connectivity index (χ3n) is 2.77. The third-order valence-corrected chi connectivity index (χ3v) is 3.52. The molecule has 0 aliphatic carbocycles. The molecular formula is C12H17N3O4S. The van der Waals surface area contributed by atoms with E-state index >= 15 is 0 Å². The van der Waals surface area contributed by atoms with Gasteiger partial charge in [-0.2, -0.15) is 0 Å². The number of anilines is 1. The Hall–Kier alpha value is -1.96. The molecule has 0 bridgehead atoms. The molecule has 110 valence electrons. The summed E-state index contributed by atoms with van der Waals surface area (Å²) in [5, 5.41) is 13.5. The number of carboxylic acids is 1. The number of carbonyl (C=O) groups excluding carboxylic acids is 2. The molecule has 0 aliphatic heterocycles. The van der Waals surface area contributed by atoms with Crippen LogP contribution in [0.3, 0.4) is 0 Å². The summed E-state index contributed by atoms with van der Waals surface area (Å²) in [7, 11) is 0. The van der Waals surface area contributed by atoms with Crippen LogP contribution in [0.2, 0.25) is 0 Å². The van der Waals surface area contributed by atoms with Gasteiger partial charge in [-0.15, -0.1) is 11.3 Å². The number of aliphatic carboxylic acids is 1. The summed E-state index contributed by atoms with van der Waals surface area (Å²) in [5.74, 6) is -1.85. The predicted octanol–water partition coefficient (Wildman–Crippen LogP) is 1.43. The van der Waals surface area contributed by atoms with Crippen LogP contribution in [0.1, 0.15) is 38.2 Å². The molecule has 2 N–H and O–H groups in total. The van der Waals surface area contributed by atoms with Crippen LogP contribution in [0, 0.1) is 0 Å². The van der Waals surface area contributed by atoms with Gasteiger partial charge in [0.15, 0.2) is 5.13 Å². The Labute approximate surface area is 120 Å². The van der Waals surface area contributed by atoms with Crippen LogP contribution in [-0.2, 0) is 9.59 Å². The normalized spacial score (nSPS) is 11.0. The van der Waals surface area contributed by atoms with Crippen molar-refractivity contribution in [2.75, 3.05) is 11.9 Å². The SMILES string of the molecule is CCN(C(=O)c1csc(NC(C)=O)n1)C(C)(C)C(=O)O. The number of aromatic nitrogens is 1. The lowest BCUT2D eigenvalue weighted by atomic mass is 10.0. The number of nitrogens with one attached hydrogen (secondary N) is 1. The fourth-order valence-electron chi connectivity index (χ4n) is 1.63. The molecular weight excluding hydrogens is 282 g/mol. The second-order valence-electron chi connectivity index (χ2n) is 4.63. The molecule has 0 atom stereocenters. The number of hydrogen-bond donors (Lipinski definition) is 2. The third kappa shape index (κ3) is 3.32. The highest BCUT2D eigenvalue weighted by molar-refractivity contribution is 7.14. The van der Waals surface area contributed by atoms with Crippen LogP contribution in [0.4, 0.5) is 5.13 Å². The number of rotatable bonds is 5. The highest BCUT2D eigenvalue weighted by Gasteiger charge is 2.38. The summed E-state index contributed by atoms with van der Waals surface area (Å²) in [6, 6.07) is 0. The van der Waals surface area contributed by atoms with Crippen molar-refractivity contribution in [1.29, 1.82) is 0 Å². The van der Waals surface area contributed by atoms with E-state index in [9.17, 15) is 19.5 Å². The minimum Gasteiger partial charge on any atom is -0.480 e. The summed E-state index contributed by atoms with van der Waals surface area (Å²) in [4.78, 5) is 39.7. The Morgan fingerprint density at radius 2 is 2.05 bits per heavy atom. The first kappa shape index (κ1) is 16.1. The number of amides is 2. The standard InChI is InChI=1S/C12H17N3O4S/c1-5-15(12(3,4)10(18)19)9(17)8-6-20-11(14-8)13-7(2)16/h6H,5H2,1-4H3,(H,18,19)(H,13,14,16). The van der Waals surface area contributed by atoms with E-state index in [1.54, 1.807) is 6.92 Å². The highest BCUT2D eigenvalue weighted by Crippen LogP contribution is 2.21. The Balaban J connectivity index is 3.00. The van der Waals surface area contributed by atoms with Gasteiger partial charge >= 0.3 is 5.97 Å². The van der Waals surface area contributed by atoms with Gasteiger partial charge in [-0.3, -0.25) is 9.59 Å². The summed E-state index contributed by atoms with van der Waals surface area (Å²) in [6.07, 6.45) is 0. The molecule has 1 aromatic rings. The van der Waals surface area contributed by atoms with Gasteiger partial charge < -0.3 is 15.3 Å². The number of hydrogen-bond acceptors (Lipinski definition) is 5. The number of carbonyl (C=O) groups is 3. The van der Waals surface area contributed by atoms with E-state index in [0.29, 0.717) is 5.13 Å². The largest absolute Gasteiger partial charge is 0.480 e. The Morgan fingerprint density at radius 3 is 2.50 bits per heavy atom. The van der Waals surface area contributed by atoms with Crippen molar-refractivity contribution >= 4 is 34.3 Å². The average molecular weight is 299 g/mol. The number of likely N-dealkylation sites (N-methyl/N-ethyl adjacent to an activating group) is 1. The molecule has 2 amide bonds. The summed E-state index contributed by atoms with van der Waals surface area (Å²) >= 11 is 1.12. The molecule has 0 saturated heterocycles. The summed E-state index contributed by atoms with van der Waals surface area (Å²) in [6.45, 7) is 6.19. The van der Waals surface area contributed by atoms with Crippen LogP contribution >= 0.6 is 11.3 Å². The first-order valence-corrected chi connectivity index (χ1v) is 6.86. The van der Waals surface area contributed by atoms with Crippen molar-refractivity contribution in [2.45, 2.75) is 33.2 Å². The van der Waals surface area contributed by atoms with E-state index in [1.807, 2.05) is 0 Å². The molecule has 0 aromatic carbocycles. The number of nitrogens with zero attached hydrogens (tertiary/aromatic N) is 2. The van der Waals surface area contributed by atoms with Crippen LogP contribution in [0.15, 0.2) is 5.38 Å². The second-order valence-corrected chi connectivity index (χ2v) is 5.49. The zero-order valence-electron chi connectivity index (χ0n) is 11.8. The number of carboxylic acid groups (broad SMARTS) is 1. The van der Waals surface area contributed by atoms with E-state index in [-0.39, 0.29) is 18.1 Å². The monoisotopic (exact) mass is 299 g/mol. The average Bonchev–Trinajstić information content (AvgIpc) is 2.76. The molecule has 0 saturated carbocycles. The van der Waals surface area contributed by atoms with E-state index in [4.69, 9.17) is 0 Å². The van der Waals surface area contributed by atoms with E-state index in [0.717, 1.165) is 11.3 Å². The predicted molar refractivity (Wildman–Crippen MR) is 74.8 cm³/mol. The lowest BCUT2D eigenvalue weighted by Crippen LogP contribution is -2.53. The van der Waals surface area contributed by atoms with Crippen molar-refractivity contribution in [2.24, 2.45) is 0 Å². The van der Waals surface area contributed by atoms with Gasteiger partial charge in [-0.1, -0.05) is 0 Å². The molecule has 0 radical (unpaired) electrons. The van der Waals surface area contributed by atoms with Gasteiger partial charge in [0.25, 0.3) is 5.91 Å². The van der Waals surface area contributed by atoms with Gasteiger partial charge in [0.05, 0.1) is 0 Å². The maximum atomic E-state index is 12.3. The van der Waals surface area contributed by atoms with Gasteiger partial charge in [0, 0.05) is 18.8 Å². The Morgan fingerprint density at radius 1 is 1.45 bits per heavy atom. The lowest BCUT2D eigenvalue weighted by molar-refractivity contribution is -0.147. The van der Waals surface area contributed by atoms with E-state index < -0.39 is 17.4 Å². The van der Waals surface area contributed by atoms with Gasteiger partial charge in [-0.05, 0) is 20.8 Å². The minimum atomic E-state index is -1.33. The first-order chi connectivity index (χ1) is 9.20. The summed E-state index contributed by atoms with van der Waals surface area (Å²) in [5.41, 5.74) is -1.21. The Kier molecular flexibility index (Phi) is 4.83. The fraction of sp³-hybridized carbons (Fsp3) is 0.500. The van der Waals surface area contributed by atoms with Crippen LogP contribution in [0.5, 0.6) is 0 Å². The zero-order chi connectivity index (χ0) is 15.5. The minimum absolute atomic E-state index is 0.120. The Bertz CT molecular complexity index is 539. The molecule has 0 unspecified atom stereocenters. The molecule has 7 nitrogen and oxygen atoms in total. The molecule has 20 heavy (non-hydrogen) atoms. The summed E-state index contributed by atoms with van der Waals surface area (Å²) < 4.78 is 0. The molecule has 8 heteroatoms. The topological polar surface area (TPSA) is 99.6 Å². The smallest absolute Gasteiger partial charge is 0.329 e. The molecule has 0 spiro atoms.